The number of halogens is 1. The van der Waals surface area contributed by atoms with Crippen LogP contribution in [0.4, 0.5) is 5.69 Å². The van der Waals surface area contributed by atoms with Gasteiger partial charge in [0.05, 0.1) is 6.10 Å². The summed E-state index contributed by atoms with van der Waals surface area (Å²) in [6.07, 6.45) is 1.45. The van der Waals surface area contributed by atoms with Crippen molar-refractivity contribution < 1.29 is 5.11 Å². The van der Waals surface area contributed by atoms with Gasteiger partial charge in [0.2, 0.25) is 0 Å². The molecule has 0 aromatic heterocycles. The van der Waals surface area contributed by atoms with Gasteiger partial charge < -0.3 is 15.7 Å². The van der Waals surface area contributed by atoms with Gasteiger partial charge >= 0.3 is 0 Å². The molecule has 1 saturated heterocycles. The van der Waals surface area contributed by atoms with Crippen molar-refractivity contribution in [1.82, 2.24) is 4.90 Å². The zero-order chi connectivity index (χ0) is 18.1. The third-order valence-corrected chi connectivity index (χ3v) is 6.85. The molecule has 26 heavy (non-hydrogen) atoms. The Balaban J connectivity index is 1.46. The van der Waals surface area contributed by atoms with Crippen LogP contribution in [0, 0.1) is 3.57 Å². The van der Waals surface area contributed by atoms with Gasteiger partial charge in [-0.25, -0.2) is 0 Å². The van der Waals surface area contributed by atoms with E-state index in [1.165, 1.54) is 25.9 Å². The first-order valence-corrected chi connectivity index (χ1v) is 10.5. The molecule has 2 aromatic carbocycles. The Labute approximate surface area is 169 Å². The molecule has 3 N–H and O–H groups in total. The molecule has 5 heteroatoms. The van der Waals surface area contributed by atoms with E-state index in [0.29, 0.717) is 6.54 Å². The van der Waals surface area contributed by atoms with Crippen LogP contribution in [-0.2, 0) is 19.4 Å². The van der Waals surface area contributed by atoms with Gasteiger partial charge in [0.15, 0.2) is 0 Å². The van der Waals surface area contributed by atoms with Crippen molar-refractivity contribution >= 4 is 28.3 Å². The van der Waals surface area contributed by atoms with E-state index < -0.39 is 0 Å². The van der Waals surface area contributed by atoms with Crippen molar-refractivity contribution in [1.29, 1.82) is 0 Å². The number of aliphatic hydroxyl groups excluding tert-OH is 1. The number of nitrogens with two attached hydrogens (primary N) is 1. The van der Waals surface area contributed by atoms with Gasteiger partial charge in [-0.15, -0.1) is 0 Å². The Kier molecular flexibility index (Phi) is 5.50. The van der Waals surface area contributed by atoms with Crippen LogP contribution in [0.2, 0.25) is 0 Å². The summed E-state index contributed by atoms with van der Waals surface area (Å²) < 4.78 is 1.33. The number of rotatable bonds is 3. The minimum absolute atomic E-state index is 0.227. The number of anilines is 1. The summed E-state index contributed by atoms with van der Waals surface area (Å²) in [5.41, 5.74) is 11.1. The summed E-state index contributed by atoms with van der Waals surface area (Å²) >= 11 is 2.43. The highest BCUT2D eigenvalue weighted by Crippen LogP contribution is 2.30. The SMILES string of the molecule is NCc1ccccc1N1CCN([C@@H]2Cc3c(I)cccc3C[C@H]2O)CC1. The second-order valence-corrected chi connectivity index (χ2v) is 8.44. The molecule has 138 valence electrons. The maximum Gasteiger partial charge on any atom is 0.0739 e. The highest BCUT2D eigenvalue weighted by Gasteiger charge is 2.34. The minimum Gasteiger partial charge on any atom is -0.391 e. The van der Waals surface area contributed by atoms with Gasteiger partial charge in [-0.2, -0.15) is 0 Å². The van der Waals surface area contributed by atoms with Crippen LogP contribution >= 0.6 is 22.6 Å². The number of aliphatic hydroxyl groups is 1. The number of fused-ring (bicyclic) bond motifs is 1. The molecular weight excluding hydrogens is 437 g/mol. The summed E-state index contributed by atoms with van der Waals surface area (Å²) in [5.74, 6) is 0. The van der Waals surface area contributed by atoms with Crippen molar-refractivity contribution in [3.63, 3.8) is 0 Å². The van der Waals surface area contributed by atoms with Crippen LogP contribution in [0.5, 0.6) is 0 Å². The second-order valence-electron chi connectivity index (χ2n) is 7.28. The third kappa shape index (κ3) is 3.50. The van der Waals surface area contributed by atoms with E-state index in [4.69, 9.17) is 5.73 Å². The zero-order valence-electron chi connectivity index (χ0n) is 14.9. The maximum atomic E-state index is 10.7. The predicted molar refractivity (Wildman–Crippen MR) is 114 cm³/mol. The molecule has 2 aliphatic rings. The molecule has 0 spiro atoms. The Hall–Kier alpha value is -1.15. The van der Waals surface area contributed by atoms with Crippen molar-refractivity contribution in [2.75, 3.05) is 31.1 Å². The molecule has 0 saturated carbocycles. The fraction of sp³-hybridized carbons (Fsp3) is 0.429. The summed E-state index contributed by atoms with van der Waals surface area (Å²) in [5, 5.41) is 10.7. The fourth-order valence-corrected chi connectivity index (χ4v) is 5.16. The van der Waals surface area contributed by atoms with Gasteiger partial charge in [-0.1, -0.05) is 30.3 Å². The van der Waals surface area contributed by atoms with Crippen LogP contribution < -0.4 is 10.6 Å². The van der Waals surface area contributed by atoms with Crippen LogP contribution in [-0.4, -0.2) is 48.3 Å². The van der Waals surface area contributed by atoms with Crippen molar-refractivity contribution in [3.05, 3.63) is 62.7 Å². The summed E-state index contributed by atoms with van der Waals surface area (Å²) in [7, 11) is 0. The lowest BCUT2D eigenvalue weighted by atomic mass is 9.85. The summed E-state index contributed by atoms with van der Waals surface area (Å²) in [4.78, 5) is 4.92. The molecule has 0 bridgehead atoms. The lowest BCUT2D eigenvalue weighted by Gasteiger charge is -2.44. The Morgan fingerprint density at radius 1 is 1.00 bits per heavy atom. The molecule has 1 aliphatic heterocycles. The first-order chi connectivity index (χ1) is 12.7. The lowest BCUT2D eigenvalue weighted by molar-refractivity contribution is 0.0393. The van der Waals surface area contributed by atoms with Gasteiger partial charge in [-0.05, 0) is 57.8 Å². The smallest absolute Gasteiger partial charge is 0.0739 e. The monoisotopic (exact) mass is 463 g/mol. The molecule has 1 aliphatic carbocycles. The van der Waals surface area contributed by atoms with Crippen molar-refractivity contribution in [2.45, 2.75) is 31.5 Å². The average Bonchev–Trinajstić information content (AvgIpc) is 2.68. The Bertz CT molecular complexity index is 774. The number of piperazine rings is 1. The molecular formula is C21H26IN3O. The van der Waals surface area contributed by atoms with E-state index in [9.17, 15) is 5.11 Å². The van der Waals surface area contributed by atoms with Gasteiger partial charge in [0, 0.05) is 54.4 Å². The minimum atomic E-state index is -0.274. The van der Waals surface area contributed by atoms with Crippen molar-refractivity contribution in [3.8, 4) is 0 Å². The topological polar surface area (TPSA) is 52.7 Å². The standard InChI is InChI=1S/C21H26IN3O/c22-18-6-3-5-15-12-21(26)20(13-17(15)18)25-10-8-24(9-11-25)19-7-2-1-4-16(19)14-23/h1-7,20-21,26H,8-14,23H2/t20-,21-/m1/s1. The second kappa shape index (κ2) is 7.84. The first kappa shape index (κ1) is 18.2. The van der Waals surface area contributed by atoms with Gasteiger partial charge in [0.25, 0.3) is 0 Å². The number of hydrogen-bond acceptors (Lipinski definition) is 4. The number of para-hydroxylation sites is 1. The molecule has 4 rings (SSSR count). The van der Waals surface area contributed by atoms with Crippen LogP contribution in [0.25, 0.3) is 0 Å². The van der Waals surface area contributed by atoms with Gasteiger partial charge in [0.1, 0.15) is 0 Å². The molecule has 0 radical (unpaired) electrons. The van der Waals surface area contributed by atoms with Crippen molar-refractivity contribution in [2.24, 2.45) is 5.73 Å². The van der Waals surface area contributed by atoms with Crippen LogP contribution in [0.15, 0.2) is 42.5 Å². The van der Waals surface area contributed by atoms with Crippen LogP contribution in [0.1, 0.15) is 16.7 Å². The zero-order valence-corrected chi connectivity index (χ0v) is 17.1. The normalized spacial score (nSPS) is 23.7. The predicted octanol–water partition coefficient (Wildman–Crippen LogP) is 2.40. The fourth-order valence-electron chi connectivity index (χ4n) is 4.39. The molecule has 2 atom stereocenters. The number of hydrogen-bond donors (Lipinski definition) is 2. The average molecular weight is 463 g/mol. The molecule has 0 amide bonds. The quantitative estimate of drug-likeness (QED) is 0.687. The summed E-state index contributed by atoms with van der Waals surface area (Å²) in [6.45, 7) is 4.52. The maximum absolute atomic E-state index is 10.7. The lowest BCUT2D eigenvalue weighted by Crippen LogP contribution is -2.56. The molecule has 0 unspecified atom stereocenters. The third-order valence-electron chi connectivity index (χ3n) is 5.84. The highest BCUT2D eigenvalue weighted by molar-refractivity contribution is 14.1. The van der Waals surface area contributed by atoms with Gasteiger partial charge in [-0.3, -0.25) is 4.90 Å². The largest absolute Gasteiger partial charge is 0.391 e. The number of benzene rings is 2. The van der Waals surface area contributed by atoms with E-state index in [-0.39, 0.29) is 12.1 Å². The van der Waals surface area contributed by atoms with E-state index >= 15 is 0 Å². The molecule has 1 fully saturated rings. The molecule has 4 nitrogen and oxygen atoms in total. The van der Waals surface area contributed by atoms with E-state index in [0.717, 1.165) is 39.0 Å². The van der Waals surface area contributed by atoms with E-state index in [1.807, 2.05) is 0 Å². The summed E-state index contributed by atoms with van der Waals surface area (Å²) in [6, 6.07) is 15.1. The molecule has 1 heterocycles. The first-order valence-electron chi connectivity index (χ1n) is 9.38. The molecule has 2 aromatic rings. The van der Waals surface area contributed by atoms with E-state index in [2.05, 4.69) is 74.9 Å². The Morgan fingerprint density at radius 3 is 2.54 bits per heavy atom. The Morgan fingerprint density at radius 2 is 1.77 bits per heavy atom. The number of nitrogens with zero attached hydrogens (tertiary/aromatic N) is 2. The highest BCUT2D eigenvalue weighted by atomic mass is 127. The van der Waals surface area contributed by atoms with Crippen LogP contribution in [0.3, 0.4) is 0 Å². The van der Waals surface area contributed by atoms with E-state index in [1.54, 1.807) is 0 Å².